The number of carbonyl (C=O) groups excluding carboxylic acids is 1. The number of fused-ring (bicyclic) bond motifs is 1. The lowest BCUT2D eigenvalue weighted by Crippen LogP contribution is -2.44. The van der Waals surface area contributed by atoms with Gasteiger partial charge in [0.05, 0.1) is 6.04 Å². The molecular weight excluding hydrogens is 360 g/mol. The number of halogens is 2. The number of hydrogen-bond donors (Lipinski definition) is 2. The molecule has 1 aromatic heterocycles. The monoisotopic (exact) mass is 381 g/mol. The van der Waals surface area contributed by atoms with Gasteiger partial charge in [-0.25, -0.2) is 8.78 Å². The van der Waals surface area contributed by atoms with E-state index in [0.29, 0.717) is 13.1 Å². The zero-order chi connectivity index (χ0) is 19.7. The van der Waals surface area contributed by atoms with E-state index in [9.17, 15) is 13.6 Å². The zero-order valence-electron chi connectivity index (χ0n) is 15.5. The summed E-state index contributed by atoms with van der Waals surface area (Å²) in [4.78, 5) is 17.8. The number of para-hydroxylation sites is 2. The SMILES string of the molecule is CC(C(=O)Nc1c(F)cccc1F)N1CC=C(c2c[nH]c3ccccc23)CC1. The number of anilines is 1. The van der Waals surface area contributed by atoms with Crippen LogP contribution in [0.25, 0.3) is 16.5 Å². The van der Waals surface area contributed by atoms with Crippen molar-refractivity contribution in [1.29, 1.82) is 0 Å². The molecule has 4 nitrogen and oxygen atoms in total. The molecule has 1 amide bonds. The van der Waals surface area contributed by atoms with E-state index in [0.717, 1.165) is 24.1 Å². The first-order valence-corrected chi connectivity index (χ1v) is 9.29. The van der Waals surface area contributed by atoms with Gasteiger partial charge in [0.15, 0.2) is 0 Å². The van der Waals surface area contributed by atoms with Crippen LogP contribution in [0, 0.1) is 11.6 Å². The Labute approximate surface area is 161 Å². The molecule has 0 spiro atoms. The van der Waals surface area contributed by atoms with Crippen LogP contribution in [-0.4, -0.2) is 34.9 Å². The minimum absolute atomic E-state index is 0.397. The second-order valence-electron chi connectivity index (χ2n) is 6.98. The number of benzene rings is 2. The Hall–Kier alpha value is -2.99. The third-order valence-electron chi connectivity index (χ3n) is 5.31. The predicted octanol–water partition coefficient (Wildman–Crippen LogP) is 4.56. The number of carbonyl (C=O) groups is 1. The molecule has 0 radical (unpaired) electrons. The number of aromatic amines is 1. The van der Waals surface area contributed by atoms with Gasteiger partial charge in [0.2, 0.25) is 5.91 Å². The van der Waals surface area contributed by atoms with Crippen molar-refractivity contribution in [3.05, 3.63) is 71.9 Å². The molecule has 28 heavy (non-hydrogen) atoms. The molecular formula is C22H21F2N3O. The van der Waals surface area contributed by atoms with Crippen LogP contribution in [0.3, 0.4) is 0 Å². The quantitative estimate of drug-likeness (QED) is 0.696. The summed E-state index contributed by atoms with van der Waals surface area (Å²) in [5.74, 6) is -1.98. The van der Waals surface area contributed by atoms with Crippen LogP contribution >= 0.6 is 0 Å². The standard InChI is InChI=1S/C22H21F2N3O/c1-14(22(28)26-21-18(23)6-4-7-19(21)24)27-11-9-15(10-12-27)17-13-25-20-8-3-2-5-16(17)20/h2-9,13-14,25H,10-12H2,1H3,(H,26,28). The molecule has 2 aromatic carbocycles. The second-order valence-corrected chi connectivity index (χ2v) is 6.98. The number of hydrogen-bond acceptors (Lipinski definition) is 2. The van der Waals surface area contributed by atoms with Gasteiger partial charge in [-0.2, -0.15) is 0 Å². The highest BCUT2D eigenvalue weighted by Crippen LogP contribution is 2.29. The van der Waals surface area contributed by atoms with Crippen LogP contribution in [0.1, 0.15) is 18.9 Å². The van der Waals surface area contributed by atoms with Gasteiger partial charge >= 0.3 is 0 Å². The summed E-state index contributed by atoms with van der Waals surface area (Å²) in [5.41, 5.74) is 3.12. The normalized spacial score (nSPS) is 16.0. The molecule has 4 rings (SSSR count). The van der Waals surface area contributed by atoms with Gasteiger partial charge in [-0.15, -0.1) is 0 Å². The van der Waals surface area contributed by atoms with Crippen molar-refractivity contribution >= 4 is 28.1 Å². The maximum absolute atomic E-state index is 13.8. The van der Waals surface area contributed by atoms with Crippen molar-refractivity contribution in [1.82, 2.24) is 9.88 Å². The van der Waals surface area contributed by atoms with Crippen LogP contribution in [0.15, 0.2) is 54.7 Å². The maximum atomic E-state index is 13.8. The van der Waals surface area contributed by atoms with E-state index < -0.39 is 29.3 Å². The highest BCUT2D eigenvalue weighted by Gasteiger charge is 2.25. The van der Waals surface area contributed by atoms with Crippen molar-refractivity contribution in [2.24, 2.45) is 0 Å². The summed E-state index contributed by atoms with van der Waals surface area (Å²) in [7, 11) is 0. The van der Waals surface area contributed by atoms with Crippen LogP contribution in [0.4, 0.5) is 14.5 Å². The fourth-order valence-electron chi connectivity index (χ4n) is 3.63. The number of H-pyrrole nitrogens is 1. The van der Waals surface area contributed by atoms with Crippen molar-refractivity contribution in [3.63, 3.8) is 0 Å². The third-order valence-corrected chi connectivity index (χ3v) is 5.31. The van der Waals surface area contributed by atoms with E-state index in [4.69, 9.17) is 0 Å². The molecule has 1 atom stereocenters. The number of nitrogens with one attached hydrogen (secondary N) is 2. The van der Waals surface area contributed by atoms with Gasteiger partial charge < -0.3 is 10.3 Å². The molecule has 0 fully saturated rings. The molecule has 1 aliphatic heterocycles. The summed E-state index contributed by atoms with van der Waals surface area (Å²) < 4.78 is 27.5. The van der Waals surface area contributed by atoms with Crippen LogP contribution in [0.5, 0.6) is 0 Å². The number of aromatic nitrogens is 1. The van der Waals surface area contributed by atoms with Gasteiger partial charge in [-0.05, 0) is 37.1 Å². The Morgan fingerprint density at radius 2 is 1.89 bits per heavy atom. The van der Waals surface area contributed by atoms with Crippen molar-refractivity contribution in [3.8, 4) is 0 Å². The lowest BCUT2D eigenvalue weighted by Gasteiger charge is -2.31. The summed E-state index contributed by atoms with van der Waals surface area (Å²) in [6.45, 7) is 3.04. The van der Waals surface area contributed by atoms with Gasteiger partial charge in [-0.3, -0.25) is 9.69 Å². The third kappa shape index (κ3) is 3.43. The molecule has 0 saturated carbocycles. The van der Waals surface area contributed by atoms with Gasteiger partial charge in [-0.1, -0.05) is 30.3 Å². The summed E-state index contributed by atoms with van der Waals surface area (Å²) >= 11 is 0. The molecule has 0 bridgehead atoms. The zero-order valence-corrected chi connectivity index (χ0v) is 15.5. The predicted molar refractivity (Wildman–Crippen MR) is 107 cm³/mol. The van der Waals surface area contributed by atoms with Gasteiger partial charge in [0, 0.05) is 35.8 Å². The summed E-state index contributed by atoms with van der Waals surface area (Å²) in [5, 5.41) is 3.57. The first-order valence-electron chi connectivity index (χ1n) is 9.29. The average Bonchev–Trinajstić information content (AvgIpc) is 3.14. The van der Waals surface area contributed by atoms with E-state index in [1.807, 2.05) is 29.3 Å². The minimum atomic E-state index is -0.777. The van der Waals surface area contributed by atoms with Crippen LogP contribution in [0.2, 0.25) is 0 Å². The molecule has 144 valence electrons. The lowest BCUT2D eigenvalue weighted by atomic mass is 9.98. The van der Waals surface area contributed by atoms with Crippen LogP contribution < -0.4 is 5.32 Å². The Balaban J connectivity index is 1.46. The topological polar surface area (TPSA) is 48.1 Å². The number of amides is 1. The minimum Gasteiger partial charge on any atom is -0.361 e. The van der Waals surface area contributed by atoms with Crippen molar-refractivity contribution in [2.75, 3.05) is 18.4 Å². The molecule has 2 N–H and O–H groups in total. The number of nitrogens with zero attached hydrogens (tertiary/aromatic N) is 1. The Bertz CT molecular complexity index is 1040. The van der Waals surface area contributed by atoms with Gasteiger partial charge in [0.1, 0.15) is 17.3 Å². The molecule has 1 unspecified atom stereocenters. The van der Waals surface area contributed by atoms with Crippen molar-refractivity contribution < 1.29 is 13.6 Å². The first kappa shape index (κ1) is 18.4. The fourth-order valence-corrected chi connectivity index (χ4v) is 3.63. The van der Waals surface area contributed by atoms with E-state index in [2.05, 4.69) is 22.4 Å². The van der Waals surface area contributed by atoms with Crippen LogP contribution in [-0.2, 0) is 4.79 Å². The molecule has 3 aromatic rings. The Kier molecular flexibility index (Phi) is 4.96. The van der Waals surface area contributed by atoms with Crippen molar-refractivity contribution in [2.45, 2.75) is 19.4 Å². The molecule has 6 heteroatoms. The Morgan fingerprint density at radius 3 is 2.61 bits per heavy atom. The summed E-state index contributed by atoms with van der Waals surface area (Å²) in [6.07, 6.45) is 4.93. The summed E-state index contributed by atoms with van der Waals surface area (Å²) in [6, 6.07) is 11.2. The van der Waals surface area contributed by atoms with E-state index in [-0.39, 0.29) is 0 Å². The first-order chi connectivity index (χ1) is 13.5. The Morgan fingerprint density at radius 1 is 1.14 bits per heavy atom. The fraction of sp³-hybridized carbons (Fsp3) is 0.227. The maximum Gasteiger partial charge on any atom is 0.241 e. The molecule has 1 aliphatic rings. The smallest absolute Gasteiger partial charge is 0.241 e. The van der Waals surface area contributed by atoms with E-state index >= 15 is 0 Å². The molecule has 0 aliphatic carbocycles. The van der Waals surface area contributed by atoms with Gasteiger partial charge in [0.25, 0.3) is 0 Å². The molecule has 2 heterocycles. The number of rotatable bonds is 4. The lowest BCUT2D eigenvalue weighted by molar-refractivity contribution is -0.120. The molecule has 0 saturated heterocycles. The second kappa shape index (κ2) is 7.56. The van der Waals surface area contributed by atoms with E-state index in [1.165, 1.54) is 22.6 Å². The highest BCUT2D eigenvalue weighted by atomic mass is 19.1. The highest BCUT2D eigenvalue weighted by molar-refractivity contribution is 5.95. The largest absolute Gasteiger partial charge is 0.361 e. The van der Waals surface area contributed by atoms with E-state index in [1.54, 1.807) is 6.92 Å². The average molecular weight is 381 g/mol.